The molecule has 3 heterocycles. The number of hydrogen-bond acceptors (Lipinski definition) is 6. The van der Waals surface area contributed by atoms with Gasteiger partial charge in [0.05, 0.1) is 0 Å². The van der Waals surface area contributed by atoms with Crippen LogP contribution in [-0.2, 0) is 11.3 Å². The molecule has 9 nitrogen and oxygen atoms in total. The Labute approximate surface area is 143 Å². The topological polar surface area (TPSA) is 110 Å². The van der Waals surface area contributed by atoms with Gasteiger partial charge in [0.25, 0.3) is 5.56 Å². The Kier molecular flexibility index (Phi) is 5.22. The number of ether oxygens (including phenoxy) is 1. The van der Waals surface area contributed by atoms with Crippen LogP contribution >= 0.6 is 0 Å². The van der Waals surface area contributed by atoms with E-state index in [1.165, 1.54) is 23.2 Å². The molecule has 3 rings (SSSR count). The Balaban J connectivity index is 1.46. The smallest absolute Gasteiger partial charge is 0.328 e. The number of amides is 1. The average molecular weight is 345 g/mol. The second-order valence-corrected chi connectivity index (χ2v) is 5.80. The number of hydrogen-bond donors (Lipinski definition) is 1. The van der Waals surface area contributed by atoms with E-state index in [-0.39, 0.29) is 25.0 Å². The maximum atomic E-state index is 12.3. The minimum atomic E-state index is -0.503. The molecule has 1 saturated heterocycles. The van der Waals surface area contributed by atoms with Gasteiger partial charge in [-0.05, 0) is 0 Å². The zero-order valence-electron chi connectivity index (χ0n) is 13.6. The summed E-state index contributed by atoms with van der Waals surface area (Å²) in [6, 6.07) is 2.97. The number of aryl methyl sites for hydroxylation is 1. The van der Waals surface area contributed by atoms with Crippen molar-refractivity contribution < 1.29 is 9.53 Å². The minimum absolute atomic E-state index is 0.0152. The highest BCUT2D eigenvalue weighted by Gasteiger charge is 2.24. The first kappa shape index (κ1) is 16.9. The number of carbonyl (C=O) groups is 1. The molecule has 25 heavy (non-hydrogen) atoms. The lowest BCUT2D eigenvalue weighted by Crippen LogP contribution is -2.42. The summed E-state index contributed by atoms with van der Waals surface area (Å²) in [5.41, 5.74) is -0.949. The van der Waals surface area contributed by atoms with Crippen molar-refractivity contribution in [3.05, 3.63) is 51.7 Å². The second-order valence-electron chi connectivity index (χ2n) is 5.80. The standard InChI is InChI=1S/C16H19N5O4/c22-13-4-9-21(16(24)19-13)10-5-15(23)20-7-2-12(3-8-20)25-14-1-6-17-11-18-14/h1,4,6,9,11-12H,2-3,5,7-8,10H2,(H,19,22,24). The van der Waals surface area contributed by atoms with Crippen LogP contribution in [0.4, 0.5) is 0 Å². The molecule has 2 aromatic rings. The molecule has 0 bridgehead atoms. The Morgan fingerprint density at radius 1 is 1.28 bits per heavy atom. The Morgan fingerprint density at radius 3 is 2.76 bits per heavy atom. The summed E-state index contributed by atoms with van der Waals surface area (Å²) in [5, 5.41) is 0. The summed E-state index contributed by atoms with van der Waals surface area (Å²) in [5.74, 6) is 0.524. The van der Waals surface area contributed by atoms with Crippen molar-refractivity contribution >= 4 is 5.91 Å². The van der Waals surface area contributed by atoms with Gasteiger partial charge in [-0.3, -0.25) is 14.6 Å². The van der Waals surface area contributed by atoms with Crippen LogP contribution in [0.25, 0.3) is 0 Å². The maximum Gasteiger partial charge on any atom is 0.328 e. The van der Waals surface area contributed by atoms with Gasteiger partial charge in [0.15, 0.2) is 0 Å². The first-order chi connectivity index (χ1) is 12.1. The molecule has 0 radical (unpaired) electrons. The number of carbonyl (C=O) groups excluding carboxylic acids is 1. The normalized spacial score (nSPS) is 15.1. The van der Waals surface area contributed by atoms with Crippen LogP contribution in [-0.4, -0.2) is 49.5 Å². The van der Waals surface area contributed by atoms with Crippen LogP contribution in [0, 0.1) is 0 Å². The second kappa shape index (κ2) is 7.73. The maximum absolute atomic E-state index is 12.3. The number of piperidine rings is 1. The van der Waals surface area contributed by atoms with E-state index in [0.29, 0.717) is 19.0 Å². The van der Waals surface area contributed by atoms with Crippen LogP contribution < -0.4 is 16.0 Å². The van der Waals surface area contributed by atoms with Gasteiger partial charge in [0.1, 0.15) is 12.4 Å². The quantitative estimate of drug-likeness (QED) is 0.803. The fourth-order valence-electron chi connectivity index (χ4n) is 2.74. The van der Waals surface area contributed by atoms with Crippen molar-refractivity contribution in [1.82, 2.24) is 24.4 Å². The van der Waals surface area contributed by atoms with E-state index in [0.717, 1.165) is 12.8 Å². The fraction of sp³-hybridized carbons (Fsp3) is 0.438. The van der Waals surface area contributed by atoms with Crippen LogP contribution in [0.2, 0.25) is 0 Å². The van der Waals surface area contributed by atoms with Gasteiger partial charge >= 0.3 is 5.69 Å². The molecule has 0 atom stereocenters. The number of aromatic nitrogens is 4. The molecule has 1 amide bonds. The lowest BCUT2D eigenvalue weighted by Gasteiger charge is -2.32. The third-order valence-corrected chi connectivity index (χ3v) is 4.10. The number of nitrogens with zero attached hydrogens (tertiary/aromatic N) is 4. The van der Waals surface area contributed by atoms with Crippen molar-refractivity contribution in [3.8, 4) is 5.88 Å². The largest absolute Gasteiger partial charge is 0.474 e. The molecule has 0 saturated carbocycles. The summed E-state index contributed by atoms with van der Waals surface area (Å²) in [6.45, 7) is 1.45. The van der Waals surface area contributed by atoms with E-state index in [1.807, 2.05) is 0 Å². The van der Waals surface area contributed by atoms with Crippen molar-refractivity contribution in [1.29, 1.82) is 0 Å². The lowest BCUT2D eigenvalue weighted by molar-refractivity contribution is -0.133. The van der Waals surface area contributed by atoms with Crippen LogP contribution in [0.1, 0.15) is 19.3 Å². The highest BCUT2D eigenvalue weighted by Crippen LogP contribution is 2.17. The summed E-state index contributed by atoms with van der Waals surface area (Å²) >= 11 is 0. The Morgan fingerprint density at radius 2 is 2.08 bits per heavy atom. The molecule has 2 aromatic heterocycles. The molecule has 0 spiro atoms. The molecule has 1 aliphatic rings. The lowest BCUT2D eigenvalue weighted by atomic mass is 10.1. The number of likely N-dealkylation sites (tertiary alicyclic amines) is 1. The fourth-order valence-corrected chi connectivity index (χ4v) is 2.74. The molecular weight excluding hydrogens is 326 g/mol. The van der Waals surface area contributed by atoms with E-state index in [2.05, 4.69) is 15.0 Å². The molecule has 1 fully saturated rings. The number of aromatic amines is 1. The first-order valence-corrected chi connectivity index (χ1v) is 8.12. The van der Waals surface area contributed by atoms with E-state index >= 15 is 0 Å². The number of nitrogens with one attached hydrogen (secondary N) is 1. The molecule has 1 aliphatic heterocycles. The van der Waals surface area contributed by atoms with Crippen LogP contribution in [0.5, 0.6) is 5.88 Å². The van der Waals surface area contributed by atoms with Gasteiger partial charge in [-0.2, -0.15) is 0 Å². The van der Waals surface area contributed by atoms with Gasteiger partial charge in [-0.1, -0.05) is 0 Å². The highest BCUT2D eigenvalue weighted by molar-refractivity contribution is 5.76. The van der Waals surface area contributed by atoms with Gasteiger partial charge in [0, 0.05) is 63.4 Å². The first-order valence-electron chi connectivity index (χ1n) is 8.12. The molecule has 0 unspecified atom stereocenters. The number of rotatable bonds is 5. The zero-order valence-corrected chi connectivity index (χ0v) is 13.6. The molecule has 0 aromatic carbocycles. The van der Waals surface area contributed by atoms with E-state index in [4.69, 9.17) is 4.74 Å². The molecular formula is C16H19N5O4. The van der Waals surface area contributed by atoms with Gasteiger partial charge < -0.3 is 14.2 Å². The van der Waals surface area contributed by atoms with Gasteiger partial charge in [-0.15, -0.1) is 0 Å². The summed E-state index contributed by atoms with van der Waals surface area (Å²) in [6.07, 6.45) is 6.16. The van der Waals surface area contributed by atoms with Gasteiger partial charge in [-0.25, -0.2) is 14.8 Å². The molecule has 9 heteroatoms. The highest BCUT2D eigenvalue weighted by atomic mass is 16.5. The third-order valence-electron chi connectivity index (χ3n) is 4.10. The van der Waals surface area contributed by atoms with Crippen LogP contribution in [0.15, 0.2) is 40.4 Å². The van der Waals surface area contributed by atoms with E-state index in [1.54, 1.807) is 17.2 Å². The monoisotopic (exact) mass is 345 g/mol. The SMILES string of the molecule is O=C(CCn1ccc(=O)[nH]c1=O)N1CCC(Oc2ccncn2)CC1. The minimum Gasteiger partial charge on any atom is -0.474 e. The third kappa shape index (κ3) is 4.52. The Hall–Kier alpha value is -2.97. The van der Waals surface area contributed by atoms with Crippen molar-refractivity contribution in [2.75, 3.05) is 13.1 Å². The summed E-state index contributed by atoms with van der Waals surface area (Å²) < 4.78 is 7.10. The van der Waals surface area contributed by atoms with Crippen molar-refractivity contribution in [3.63, 3.8) is 0 Å². The predicted octanol–water partition coefficient (Wildman–Crippen LogP) is -0.213. The molecule has 0 aliphatic carbocycles. The van der Waals surface area contributed by atoms with Crippen molar-refractivity contribution in [2.45, 2.75) is 31.9 Å². The van der Waals surface area contributed by atoms with E-state index in [9.17, 15) is 14.4 Å². The number of H-pyrrole nitrogens is 1. The van der Waals surface area contributed by atoms with Crippen LogP contribution in [0.3, 0.4) is 0 Å². The predicted molar refractivity (Wildman–Crippen MR) is 88.2 cm³/mol. The zero-order chi connectivity index (χ0) is 17.6. The summed E-state index contributed by atoms with van der Waals surface area (Å²) in [7, 11) is 0. The van der Waals surface area contributed by atoms with Gasteiger partial charge in [0.2, 0.25) is 11.8 Å². The van der Waals surface area contributed by atoms with Crippen molar-refractivity contribution in [2.24, 2.45) is 0 Å². The average Bonchev–Trinajstić information content (AvgIpc) is 2.62. The Bertz CT molecular complexity index is 824. The summed E-state index contributed by atoms with van der Waals surface area (Å²) in [4.78, 5) is 46.7. The van der Waals surface area contributed by atoms with E-state index < -0.39 is 11.2 Å². The molecule has 1 N–H and O–H groups in total. The molecule has 132 valence electrons.